The molecule has 0 aliphatic rings. The molecule has 0 aliphatic heterocycles. The summed E-state index contributed by atoms with van der Waals surface area (Å²) in [6, 6.07) is 5.45. The Balaban J connectivity index is 2.98. The van der Waals surface area contributed by atoms with Gasteiger partial charge in [0.05, 0.1) is 0 Å². The molecule has 14 heavy (non-hydrogen) atoms. The van der Waals surface area contributed by atoms with Gasteiger partial charge >= 0.3 is 0 Å². The fourth-order valence-corrected chi connectivity index (χ4v) is 1.67. The highest BCUT2D eigenvalue weighted by atomic mass is 79.9. The molecule has 1 aromatic carbocycles. The van der Waals surface area contributed by atoms with Gasteiger partial charge in [-0.2, -0.15) is 0 Å². The summed E-state index contributed by atoms with van der Waals surface area (Å²) in [5, 5.41) is 0. The Morgan fingerprint density at radius 1 is 1.43 bits per heavy atom. The lowest BCUT2D eigenvalue weighted by Crippen LogP contribution is -2.03. The number of hydrogen-bond donors (Lipinski definition) is 0. The highest BCUT2D eigenvalue weighted by Crippen LogP contribution is 2.18. The first kappa shape index (κ1) is 11.1. The van der Waals surface area contributed by atoms with Gasteiger partial charge in [-0.25, -0.2) is 0 Å². The lowest BCUT2D eigenvalue weighted by Gasteiger charge is -2.07. The van der Waals surface area contributed by atoms with E-state index < -0.39 is 0 Å². The monoisotopic (exact) mass is 254 g/mol. The molecule has 2 nitrogen and oxygen atoms in total. The van der Waals surface area contributed by atoms with Gasteiger partial charge in [0.25, 0.3) is 0 Å². The van der Waals surface area contributed by atoms with Crippen molar-refractivity contribution in [2.45, 2.75) is 13.3 Å². The van der Waals surface area contributed by atoms with E-state index >= 15 is 0 Å². The van der Waals surface area contributed by atoms with Crippen LogP contribution in [0.4, 0.5) is 0 Å². The smallest absolute Gasteiger partial charge is 0.150 e. The first-order valence-corrected chi connectivity index (χ1v) is 5.15. The summed E-state index contributed by atoms with van der Waals surface area (Å²) >= 11 is 3.33. The van der Waals surface area contributed by atoms with Gasteiger partial charge in [0.2, 0.25) is 0 Å². The molecule has 0 aromatic heterocycles. The van der Waals surface area contributed by atoms with Crippen LogP contribution in [-0.4, -0.2) is 12.6 Å². The van der Waals surface area contributed by atoms with E-state index in [2.05, 4.69) is 15.9 Å². The number of carbonyl (C=O) groups excluding carboxylic acids is 2. The highest BCUT2D eigenvalue weighted by Gasteiger charge is 2.06. The van der Waals surface area contributed by atoms with E-state index in [1.807, 2.05) is 19.1 Å². The van der Waals surface area contributed by atoms with Gasteiger partial charge in [0.1, 0.15) is 12.6 Å². The first-order chi connectivity index (χ1) is 6.67. The van der Waals surface area contributed by atoms with Crippen molar-refractivity contribution in [3.8, 4) is 0 Å². The van der Waals surface area contributed by atoms with E-state index in [-0.39, 0.29) is 5.92 Å². The standard InChI is InChI=1S/C11H11BrO2/c1-8(6-13)4-10-5-11(12)3-2-9(10)7-14/h2-3,5-8H,4H2,1H3. The number of aldehydes is 2. The summed E-state index contributed by atoms with van der Waals surface area (Å²) in [7, 11) is 0. The molecule has 1 unspecified atom stereocenters. The Labute approximate surface area is 91.4 Å². The maximum absolute atomic E-state index is 10.7. The molecule has 0 spiro atoms. The highest BCUT2D eigenvalue weighted by molar-refractivity contribution is 9.10. The zero-order valence-corrected chi connectivity index (χ0v) is 9.45. The van der Waals surface area contributed by atoms with Crippen LogP contribution < -0.4 is 0 Å². The summed E-state index contributed by atoms with van der Waals surface area (Å²) in [4.78, 5) is 21.2. The third kappa shape index (κ3) is 2.77. The number of halogens is 1. The summed E-state index contributed by atoms with van der Waals surface area (Å²) < 4.78 is 0.927. The Hall–Kier alpha value is -0.960. The van der Waals surface area contributed by atoms with E-state index in [0.29, 0.717) is 12.0 Å². The molecule has 0 radical (unpaired) electrons. The van der Waals surface area contributed by atoms with E-state index in [4.69, 9.17) is 0 Å². The molecule has 1 rings (SSSR count). The van der Waals surface area contributed by atoms with Gasteiger partial charge in [0.15, 0.2) is 0 Å². The van der Waals surface area contributed by atoms with Crippen LogP contribution in [0.25, 0.3) is 0 Å². The maximum Gasteiger partial charge on any atom is 0.150 e. The van der Waals surface area contributed by atoms with Gasteiger partial charge in [-0.3, -0.25) is 4.79 Å². The van der Waals surface area contributed by atoms with Crippen LogP contribution >= 0.6 is 15.9 Å². The van der Waals surface area contributed by atoms with Crippen LogP contribution in [0.5, 0.6) is 0 Å². The second-order valence-electron chi connectivity index (χ2n) is 3.28. The number of carbonyl (C=O) groups is 2. The van der Waals surface area contributed by atoms with E-state index in [9.17, 15) is 9.59 Å². The Morgan fingerprint density at radius 2 is 2.14 bits per heavy atom. The molecule has 0 saturated carbocycles. The third-order valence-electron chi connectivity index (χ3n) is 2.01. The molecule has 3 heteroatoms. The van der Waals surface area contributed by atoms with Crippen molar-refractivity contribution in [2.24, 2.45) is 5.92 Å². The van der Waals surface area contributed by atoms with E-state index in [1.165, 1.54) is 0 Å². The average molecular weight is 255 g/mol. The largest absolute Gasteiger partial charge is 0.303 e. The minimum Gasteiger partial charge on any atom is -0.303 e. The molecule has 0 amide bonds. The number of rotatable bonds is 4. The predicted molar refractivity (Wildman–Crippen MR) is 58.5 cm³/mol. The zero-order chi connectivity index (χ0) is 10.6. The third-order valence-corrected chi connectivity index (χ3v) is 2.50. The van der Waals surface area contributed by atoms with Crippen LogP contribution in [0, 0.1) is 5.92 Å². The minimum absolute atomic E-state index is 0.0528. The second-order valence-corrected chi connectivity index (χ2v) is 4.19. The lowest BCUT2D eigenvalue weighted by atomic mass is 9.98. The van der Waals surface area contributed by atoms with Crippen LogP contribution in [0.2, 0.25) is 0 Å². The van der Waals surface area contributed by atoms with Crippen LogP contribution in [0.1, 0.15) is 22.8 Å². The average Bonchev–Trinajstić information content (AvgIpc) is 2.18. The van der Waals surface area contributed by atoms with Gasteiger partial charge in [-0.15, -0.1) is 0 Å². The Kier molecular flexibility index (Phi) is 4.01. The molecule has 0 saturated heterocycles. The molecule has 1 aromatic rings. The van der Waals surface area contributed by atoms with Crippen molar-refractivity contribution in [1.29, 1.82) is 0 Å². The van der Waals surface area contributed by atoms with Gasteiger partial charge in [0, 0.05) is 16.0 Å². The number of benzene rings is 1. The fraction of sp³-hybridized carbons (Fsp3) is 0.273. The topological polar surface area (TPSA) is 34.1 Å². The SMILES string of the molecule is CC(C=O)Cc1cc(Br)ccc1C=O. The van der Waals surface area contributed by atoms with Gasteiger partial charge < -0.3 is 4.79 Å². The normalized spacial score (nSPS) is 12.1. The Morgan fingerprint density at radius 3 is 2.71 bits per heavy atom. The van der Waals surface area contributed by atoms with E-state index in [0.717, 1.165) is 22.6 Å². The first-order valence-electron chi connectivity index (χ1n) is 4.36. The fourth-order valence-electron chi connectivity index (χ4n) is 1.26. The summed E-state index contributed by atoms with van der Waals surface area (Å²) in [6.45, 7) is 1.84. The van der Waals surface area contributed by atoms with E-state index in [1.54, 1.807) is 6.07 Å². The Bertz CT molecular complexity index is 347. The van der Waals surface area contributed by atoms with Crippen LogP contribution in [-0.2, 0) is 11.2 Å². The van der Waals surface area contributed by atoms with Crippen molar-refractivity contribution >= 4 is 28.5 Å². The van der Waals surface area contributed by atoms with Crippen molar-refractivity contribution in [3.05, 3.63) is 33.8 Å². The molecular formula is C11H11BrO2. The quantitative estimate of drug-likeness (QED) is 0.775. The van der Waals surface area contributed by atoms with Crippen molar-refractivity contribution in [2.75, 3.05) is 0 Å². The number of hydrogen-bond acceptors (Lipinski definition) is 2. The van der Waals surface area contributed by atoms with Crippen molar-refractivity contribution < 1.29 is 9.59 Å². The molecule has 0 N–H and O–H groups in total. The van der Waals surface area contributed by atoms with Gasteiger partial charge in [-0.05, 0) is 24.1 Å². The maximum atomic E-state index is 10.7. The summed E-state index contributed by atoms with van der Waals surface area (Å²) in [5.41, 5.74) is 1.57. The van der Waals surface area contributed by atoms with Crippen molar-refractivity contribution in [3.63, 3.8) is 0 Å². The molecule has 0 heterocycles. The minimum atomic E-state index is -0.0528. The zero-order valence-electron chi connectivity index (χ0n) is 7.87. The molecule has 0 bridgehead atoms. The molecule has 1 atom stereocenters. The van der Waals surface area contributed by atoms with Crippen LogP contribution in [0.3, 0.4) is 0 Å². The lowest BCUT2D eigenvalue weighted by molar-refractivity contribution is -0.110. The summed E-state index contributed by atoms with van der Waals surface area (Å²) in [5.74, 6) is -0.0528. The predicted octanol–water partition coefficient (Wildman–Crippen LogP) is 2.64. The molecule has 0 fully saturated rings. The second kappa shape index (κ2) is 5.05. The molecular weight excluding hydrogens is 244 g/mol. The van der Waals surface area contributed by atoms with Gasteiger partial charge in [-0.1, -0.05) is 28.9 Å². The van der Waals surface area contributed by atoms with Crippen LogP contribution in [0.15, 0.2) is 22.7 Å². The molecule has 74 valence electrons. The summed E-state index contributed by atoms with van der Waals surface area (Å²) in [6.07, 6.45) is 2.33. The van der Waals surface area contributed by atoms with Crippen molar-refractivity contribution in [1.82, 2.24) is 0 Å². The molecule has 0 aliphatic carbocycles.